The summed E-state index contributed by atoms with van der Waals surface area (Å²) in [6, 6.07) is 12.9. The average molecular weight is 468 g/mol. The Balaban J connectivity index is 1.84. The van der Waals surface area contributed by atoms with Gasteiger partial charge in [0.15, 0.2) is 5.65 Å². The maximum Gasteiger partial charge on any atom is 0.222 e. The van der Waals surface area contributed by atoms with Gasteiger partial charge in [0.25, 0.3) is 0 Å². The molecule has 4 aromatic rings. The molecule has 132 valence electrons. The standard InChI is InChI=1S/C18H13IN8/c19-14-6-11(21)5-4-10(14)9-27-17-13(8-23-27)16(25-18(22)26-17)15-3-1-2-12(7-20)24-15/h1-6,8H,9,21H2,(H2,22,25,26). The molecule has 4 rings (SSSR count). The summed E-state index contributed by atoms with van der Waals surface area (Å²) in [6.07, 6.45) is 1.69. The molecule has 0 amide bonds. The van der Waals surface area contributed by atoms with Crippen molar-refractivity contribution in [3.8, 4) is 17.5 Å². The van der Waals surface area contributed by atoms with Gasteiger partial charge in [0.05, 0.1) is 23.8 Å². The minimum atomic E-state index is 0.121. The summed E-state index contributed by atoms with van der Waals surface area (Å²) >= 11 is 2.25. The molecule has 0 saturated heterocycles. The number of aromatic nitrogens is 5. The van der Waals surface area contributed by atoms with Crippen LogP contribution in [-0.4, -0.2) is 24.7 Å². The number of nitrogen functional groups attached to an aromatic ring is 2. The van der Waals surface area contributed by atoms with E-state index in [2.05, 4.69) is 42.6 Å². The van der Waals surface area contributed by atoms with E-state index in [4.69, 9.17) is 16.7 Å². The highest BCUT2D eigenvalue weighted by Crippen LogP contribution is 2.26. The monoisotopic (exact) mass is 468 g/mol. The van der Waals surface area contributed by atoms with E-state index in [0.717, 1.165) is 14.5 Å². The Kier molecular flexibility index (Phi) is 4.33. The molecule has 9 heteroatoms. The molecule has 3 heterocycles. The fourth-order valence-electron chi connectivity index (χ4n) is 2.77. The smallest absolute Gasteiger partial charge is 0.222 e. The Hall–Kier alpha value is -3.26. The lowest BCUT2D eigenvalue weighted by atomic mass is 10.2. The van der Waals surface area contributed by atoms with E-state index < -0.39 is 0 Å². The number of nitrogens with two attached hydrogens (primary N) is 2. The highest BCUT2D eigenvalue weighted by atomic mass is 127. The van der Waals surface area contributed by atoms with Crippen LogP contribution in [0.1, 0.15) is 11.3 Å². The lowest BCUT2D eigenvalue weighted by Gasteiger charge is -2.08. The molecule has 0 aliphatic carbocycles. The van der Waals surface area contributed by atoms with E-state index in [1.165, 1.54) is 0 Å². The molecule has 0 aliphatic heterocycles. The van der Waals surface area contributed by atoms with Crippen molar-refractivity contribution >= 4 is 45.3 Å². The molecule has 0 fully saturated rings. The Bertz CT molecular complexity index is 1210. The van der Waals surface area contributed by atoms with Gasteiger partial charge in [-0.25, -0.2) is 14.6 Å². The van der Waals surface area contributed by atoms with Crippen molar-refractivity contribution < 1.29 is 0 Å². The van der Waals surface area contributed by atoms with Crippen LogP contribution in [0.25, 0.3) is 22.4 Å². The number of anilines is 2. The zero-order valence-electron chi connectivity index (χ0n) is 14.0. The fourth-order valence-corrected chi connectivity index (χ4v) is 3.48. The number of hydrogen-bond donors (Lipinski definition) is 2. The average Bonchev–Trinajstić information content (AvgIpc) is 3.06. The molecule has 0 saturated carbocycles. The number of nitrogens with zero attached hydrogens (tertiary/aromatic N) is 6. The summed E-state index contributed by atoms with van der Waals surface area (Å²) < 4.78 is 2.81. The maximum absolute atomic E-state index is 9.09. The Labute approximate surface area is 168 Å². The summed E-state index contributed by atoms with van der Waals surface area (Å²) in [5, 5.41) is 14.3. The minimum absolute atomic E-state index is 0.121. The second-order valence-electron chi connectivity index (χ2n) is 5.84. The van der Waals surface area contributed by atoms with Crippen LogP contribution in [0.4, 0.5) is 11.6 Å². The summed E-state index contributed by atoms with van der Waals surface area (Å²) in [5.74, 6) is 0.121. The van der Waals surface area contributed by atoms with Gasteiger partial charge in [0.2, 0.25) is 5.95 Å². The molecule has 0 aliphatic rings. The molecule has 0 bridgehead atoms. The fraction of sp³-hybridized carbons (Fsp3) is 0.0556. The van der Waals surface area contributed by atoms with Crippen LogP contribution in [0, 0.1) is 14.9 Å². The zero-order valence-corrected chi connectivity index (χ0v) is 16.1. The topological polar surface area (TPSA) is 132 Å². The number of benzene rings is 1. The van der Waals surface area contributed by atoms with Crippen molar-refractivity contribution in [3.05, 3.63) is 57.4 Å². The van der Waals surface area contributed by atoms with E-state index in [1.807, 2.05) is 24.3 Å². The van der Waals surface area contributed by atoms with Gasteiger partial charge in [0, 0.05) is 9.26 Å². The normalized spacial score (nSPS) is 10.8. The number of pyridine rings is 1. The van der Waals surface area contributed by atoms with Gasteiger partial charge in [-0.2, -0.15) is 15.3 Å². The van der Waals surface area contributed by atoms with Gasteiger partial charge in [0.1, 0.15) is 17.5 Å². The summed E-state index contributed by atoms with van der Waals surface area (Å²) in [6.45, 7) is 0.517. The van der Waals surface area contributed by atoms with E-state index in [0.29, 0.717) is 35.0 Å². The van der Waals surface area contributed by atoms with Crippen LogP contribution < -0.4 is 11.5 Å². The van der Waals surface area contributed by atoms with Crippen LogP contribution in [0.15, 0.2) is 42.6 Å². The number of halogens is 1. The van der Waals surface area contributed by atoms with Gasteiger partial charge >= 0.3 is 0 Å². The number of rotatable bonds is 3. The first-order valence-electron chi connectivity index (χ1n) is 7.95. The lowest BCUT2D eigenvalue weighted by Crippen LogP contribution is -2.06. The molecule has 27 heavy (non-hydrogen) atoms. The maximum atomic E-state index is 9.09. The third-order valence-electron chi connectivity index (χ3n) is 4.02. The first-order valence-corrected chi connectivity index (χ1v) is 9.03. The van der Waals surface area contributed by atoms with Crippen molar-refractivity contribution in [2.24, 2.45) is 0 Å². The van der Waals surface area contributed by atoms with Gasteiger partial charge in [-0.1, -0.05) is 12.1 Å². The number of nitriles is 1. The molecule has 1 aromatic carbocycles. The van der Waals surface area contributed by atoms with Crippen LogP contribution in [0.3, 0.4) is 0 Å². The van der Waals surface area contributed by atoms with Gasteiger partial charge in [-0.3, -0.25) is 0 Å². The number of hydrogen-bond acceptors (Lipinski definition) is 7. The number of fused-ring (bicyclic) bond motifs is 1. The molecule has 3 aromatic heterocycles. The second kappa shape index (κ2) is 6.81. The van der Waals surface area contributed by atoms with Crippen LogP contribution >= 0.6 is 22.6 Å². The van der Waals surface area contributed by atoms with E-state index >= 15 is 0 Å². The third kappa shape index (κ3) is 3.26. The van der Waals surface area contributed by atoms with Crippen molar-refractivity contribution in [2.45, 2.75) is 6.54 Å². The SMILES string of the molecule is N#Cc1cccc(-c2nc(N)nc3c2cnn3Cc2ccc(N)cc2I)n1. The predicted octanol–water partition coefficient (Wildman–Crippen LogP) is 2.58. The van der Waals surface area contributed by atoms with Crippen molar-refractivity contribution in [3.63, 3.8) is 0 Å². The van der Waals surface area contributed by atoms with E-state index in [-0.39, 0.29) is 5.95 Å². The largest absolute Gasteiger partial charge is 0.399 e. The quantitative estimate of drug-likeness (QED) is 0.349. The van der Waals surface area contributed by atoms with Gasteiger partial charge < -0.3 is 11.5 Å². The molecule has 0 radical (unpaired) electrons. The molecular weight excluding hydrogens is 455 g/mol. The molecular formula is C18H13IN8. The van der Waals surface area contributed by atoms with Crippen LogP contribution in [-0.2, 0) is 6.54 Å². The predicted molar refractivity (Wildman–Crippen MR) is 110 cm³/mol. The Morgan fingerprint density at radius 1 is 1.11 bits per heavy atom. The molecule has 4 N–H and O–H groups in total. The van der Waals surface area contributed by atoms with Crippen LogP contribution in [0.2, 0.25) is 0 Å². The molecule has 0 atom stereocenters. The summed E-state index contributed by atoms with van der Waals surface area (Å²) in [4.78, 5) is 13.0. The highest BCUT2D eigenvalue weighted by molar-refractivity contribution is 14.1. The lowest BCUT2D eigenvalue weighted by molar-refractivity contribution is 0.702. The van der Waals surface area contributed by atoms with Crippen molar-refractivity contribution in [1.82, 2.24) is 24.7 Å². The second-order valence-corrected chi connectivity index (χ2v) is 7.00. The van der Waals surface area contributed by atoms with Crippen molar-refractivity contribution in [1.29, 1.82) is 5.26 Å². The summed E-state index contributed by atoms with van der Waals surface area (Å²) in [7, 11) is 0. The third-order valence-corrected chi connectivity index (χ3v) is 5.02. The van der Waals surface area contributed by atoms with Gasteiger partial charge in [-0.05, 0) is 52.4 Å². The van der Waals surface area contributed by atoms with E-state index in [1.54, 1.807) is 29.1 Å². The van der Waals surface area contributed by atoms with Crippen molar-refractivity contribution in [2.75, 3.05) is 11.5 Å². The molecule has 0 spiro atoms. The Morgan fingerprint density at radius 3 is 2.74 bits per heavy atom. The minimum Gasteiger partial charge on any atom is -0.399 e. The van der Waals surface area contributed by atoms with E-state index in [9.17, 15) is 0 Å². The first-order chi connectivity index (χ1) is 13.0. The zero-order chi connectivity index (χ0) is 19.0. The molecule has 0 unspecified atom stereocenters. The highest BCUT2D eigenvalue weighted by Gasteiger charge is 2.15. The Morgan fingerprint density at radius 2 is 1.96 bits per heavy atom. The van der Waals surface area contributed by atoms with Gasteiger partial charge in [-0.15, -0.1) is 0 Å². The first kappa shape index (κ1) is 17.2. The molecule has 8 nitrogen and oxygen atoms in total. The summed E-state index contributed by atoms with van der Waals surface area (Å²) in [5.41, 5.74) is 15.5. The van der Waals surface area contributed by atoms with Crippen LogP contribution in [0.5, 0.6) is 0 Å².